The van der Waals surface area contributed by atoms with Crippen molar-refractivity contribution in [1.82, 2.24) is 0 Å². The molecule has 0 aliphatic heterocycles. The summed E-state index contributed by atoms with van der Waals surface area (Å²) in [6, 6.07) is 14.9. The van der Waals surface area contributed by atoms with Crippen molar-refractivity contribution in [3.63, 3.8) is 0 Å². The van der Waals surface area contributed by atoms with Gasteiger partial charge in [-0.25, -0.2) is 0 Å². The van der Waals surface area contributed by atoms with Gasteiger partial charge in [0, 0.05) is 10.6 Å². The summed E-state index contributed by atoms with van der Waals surface area (Å²) in [7, 11) is 3.24. The summed E-state index contributed by atoms with van der Waals surface area (Å²) in [5.41, 5.74) is 0.760. The van der Waals surface area contributed by atoms with Crippen molar-refractivity contribution in [2.75, 3.05) is 25.3 Å². The largest absolute Gasteiger partial charge is 0.497 e. The quantitative estimate of drug-likeness (QED) is 0.831. The Labute approximate surface area is 128 Å². The first kappa shape index (κ1) is 15.3. The second-order valence-corrected chi connectivity index (χ2v) is 5.29. The molecule has 0 aliphatic carbocycles. The zero-order valence-electron chi connectivity index (χ0n) is 12.0. The molecule has 5 heteroatoms. The number of carbonyl (C=O) groups is 1. The lowest BCUT2D eigenvalue weighted by Gasteiger charge is -2.06. The van der Waals surface area contributed by atoms with Gasteiger partial charge in [-0.05, 0) is 48.5 Å². The number of rotatable bonds is 6. The van der Waals surface area contributed by atoms with E-state index in [1.807, 2.05) is 48.5 Å². The molecule has 2 aromatic rings. The van der Waals surface area contributed by atoms with Gasteiger partial charge in [0.25, 0.3) is 0 Å². The Morgan fingerprint density at radius 1 is 0.952 bits per heavy atom. The zero-order valence-corrected chi connectivity index (χ0v) is 12.8. The molecule has 0 aromatic heterocycles. The molecule has 0 saturated heterocycles. The minimum atomic E-state index is -0.0408. The van der Waals surface area contributed by atoms with Crippen LogP contribution >= 0.6 is 11.8 Å². The van der Waals surface area contributed by atoms with Crippen LogP contribution in [-0.2, 0) is 4.79 Å². The lowest BCUT2D eigenvalue weighted by Crippen LogP contribution is -2.13. The Kier molecular flexibility index (Phi) is 5.51. The van der Waals surface area contributed by atoms with Crippen LogP contribution in [0.15, 0.2) is 53.4 Å². The van der Waals surface area contributed by atoms with Crippen molar-refractivity contribution < 1.29 is 14.3 Å². The second kappa shape index (κ2) is 7.59. The Hall–Kier alpha value is -2.14. The van der Waals surface area contributed by atoms with Crippen LogP contribution in [0.25, 0.3) is 0 Å². The van der Waals surface area contributed by atoms with Gasteiger partial charge in [-0.2, -0.15) is 0 Å². The molecule has 21 heavy (non-hydrogen) atoms. The summed E-state index contributed by atoms with van der Waals surface area (Å²) in [6.07, 6.45) is 0. The van der Waals surface area contributed by atoms with E-state index in [4.69, 9.17) is 9.47 Å². The molecule has 1 amide bonds. The summed E-state index contributed by atoms with van der Waals surface area (Å²) in [6.45, 7) is 0. The van der Waals surface area contributed by atoms with Gasteiger partial charge in [0.15, 0.2) is 0 Å². The van der Waals surface area contributed by atoms with Gasteiger partial charge in [-0.15, -0.1) is 11.8 Å². The Morgan fingerprint density at radius 2 is 1.48 bits per heavy atom. The fourth-order valence-electron chi connectivity index (χ4n) is 1.69. The second-order valence-electron chi connectivity index (χ2n) is 4.24. The highest BCUT2D eigenvalue weighted by Gasteiger charge is 2.04. The van der Waals surface area contributed by atoms with Gasteiger partial charge < -0.3 is 14.8 Å². The standard InChI is InChI=1S/C16H17NO3S/c1-19-13-5-3-12(4-6-13)17-16(18)11-21-15-9-7-14(20-2)8-10-15/h3-10H,11H2,1-2H3,(H,17,18). The molecule has 110 valence electrons. The van der Waals surface area contributed by atoms with Gasteiger partial charge in [-0.3, -0.25) is 4.79 Å². The van der Waals surface area contributed by atoms with Crippen LogP contribution in [0.1, 0.15) is 0 Å². The van der Waals surface area contributed by atoms with Crippen molar-refractivity contribution in [2.45, 2.75) is 4.90 Å². The normalized spacial score (nSPS) is 10.0. The molecule has 0 fully saturated rings. The van der Waals surface area contributed by atoms with E-state index in [2.05, 4.69) is 5.32 Å². The highest BCUT2D eigenvalue weighted by molar-refractivity contribution is 8.00. The van der Waals surface area contributed by atoms with Crippen LogP contribution in [0, 0.1) is 0 Å². The molecule has 0 radical (unpaired) electrons. The summed E-state index contributed by atoms with van der Waals surface area (Å²) in [5.74, 6) is 1.89. The molecular weight excluding hydrogens is 286 g/mol. The SMILES string of the molecule is COc1ccc(NC(=O)CSc2ccc(OC)cc2)cc1. The van der Waals surface area contributed by atoms with Crippen LogP contribution in [0.5, 0.6) is 11.5 Å². The first-order chi connectivity index (χ1) is 10.2. The van der Waals surface area contributed by atoms with Crippen LogP contribution in [0.2, 0.25) is 0 Å². The first-order valence-corrected chi connectivity index (χ1v) is 7.40. The molecule has 2 aromatic carbocycles. The van der Waals surface area contributed by atoms with E-state index in [0.29, 0.717) is 5.75 Å². The van der Waals surface area contributed by atoms with Crippen molar-refractivity contribution >= 4 is 23.4 Å². The minimum absolute atomic E-state index is 0.0408. The smallest absolute Gasteiger partial charge is 0.234 e. The number of hydrogen-bond acceptors (Lipinski definition) is 4. The van der Waals surface area contributed by atoms with E-state index in [1.165, 1.54) is 11.8 Å². The average molecular weight is 303 g/mol. The van der Waals surface area contributed by atoms with Crippen LogP contribution < -0.4 is 14.8 Å². The van der Waals surface area contributed by atoms with E-state index in [1.54, 1.807) is 14.2 Å². The maximum Gasteiger partial charge on any atom is 0.234 e. The minimum Gasteiger partial charge on any atom is -0.497 e. The number of carbonyl (C=O) groups excluding carboxylic acids is 1. The lowest BCUT2D eigenvalue weighted by atomic mass is 10.3. The van der Waals surface area contributed by atoms with Crippen LogP contribution in [0.3, 0.4) is 0 Å². The number of benzene rings is 2. The number of amides is 1. The third-order valence-corrected chi connectivity index (χ3v) is 3.82. The van der Waals surface area contributed by atoms with E-state index in [0.717, 1.165) is 22.1 Å². The fourth-order valence-corrected chi connectivity index (χ4v) is 2.39. The Morgan fingerprint density at radius 3 is 2.00 bits per heavy atom. The third-order valence-electron chi connectivity index (χ3n) is 2.80. The summed E-state index contributed by atoms with van der Waals surface area (Å²) >= 11 is 1.48. The van der Waals surface area contributed by atoms with Crippen molar-refractivity contribution in [2.24, 2.45) is 0 Å². The van der Waals surface area contributed by atoms with Crippen molar-refractivity contribution in [3.05, 3.63) is 48.5 Å². The van der Waals surface area contributed by atoms with Crippen LogP contribution in [-0.4, -0.2) is 25.9 Å². The summed E-state index contributed by atoms with van der Waals surface area (Å²) in [4.78, 5) is 12.9. The summed E-state index contributed by atoms with van der Waals surface area (Å²) in [5, 5.41) is 2.85. The number of methoxy groups -OCH3 is 2. The van der Waals surface area contributed by atoms with Crippen molar-refractivity contribution in [3.8, 4) is 11.5 Å². The fraction of sp³-hybridized carbons (Fsp3) is 0.188. The van der Waals surface area contributed by atoms with E-state index in [9.17, 15) is 4.79 Å². The molecule has 0 atom stereocenters. The number of hydrogen-bond donors (Lipinski definition) is 1. The third kappa shape index (κ3) is 4.72. The Bertz CT molecular complexity index is 581. The molecular formula is C16H17NO3S. The molecule has 0 unspecified atom stereocenters. The molecule has 0 bridgehead atoms. The van der Waals surface area contributed by atoms with E-state index < -0.39 is 0 Å². The van der Waals surface area contributed by atoms with Gasteiger partial charge in [-0.1, -0.05) is 0 Å². The predicted octanol–water partition coefficient (Wildman–Crippen LogP) is 3.43. The number of ether oxygens (including phenoxy) is 2. The lowest BCUT2D eigenvalue weighted by molar-refractivity contribution is -0.113. The number of nitrogens with one attached hydrogen (secondary N) is 1. The Balaban J connectivity index is 1.83. The highest BCUT2D eigenvalue weighted by atomic mass is 32.2. The monoisotopic (exact) mass is 303 g/mol. The molecule has 0 aliphatic rings. The maximum absolute atomic E-state index is 11.9. The van der Waals surface area contributed by atoms with Crippen LogP contribution in [0.4, 0.5) is 5.69 Å². The van der Waals surface area contributed by atoms with Gasteiger partial charge in [0.1, 0.15) is 11.5 Å². The number of thioether (sulfide) groups is 1. The molecule has 1 N–H and O–H groups in total. The zero-order chi connectivity index (χ0) is 15.1. The predicted molar refractivity (Wildman–Crippen MR) is 85.3 cm³/mol. The molecule has 4 nitrogen and oxygen atoms in total. The molecule has 0 saturated carbocycles. The molecule has 2 rings (SSSR count). The van der Waals surface area contributed by atoms with E-state index in [-0.39, 0.29) is 5.91 Å². The number of anilines is 1. The average Bonchev–Trinajstić information content (AvgIpc) is 2.54. The molecule has 0 heterocycles. The summed E-state index contributed by atoms with van der Waals surface area (Å²) < 4.78 is 10.2. The van der Waals surface area contributed by atoms with Gasteiger partial charge in [0.05, 0.1) is 20.0 Å². The first-order valence-electron chi connectivity index (χ1n) is 6.42. The maximum atomic E-state index is 11.9. The van der Waals surface area contributed by atoms with Crippen molar-refractivity contribution in [1.29, 1.82) is 0 Å². The topological polar surface area (TPSA) is 47.6 Å². The molecule has 0 spiro atoms. The highest BCUT2D eigenvalue weighted by Crippen LogP contribution is 2.21. The van der Waals surface area contributed by atoms with E-state index >= 15 is 0 Å². The van der Waals surface area contributed by atoms with Gasteiger partial charge >= 0.3 is 0 Å². The van der Waals surface area contributed by atoms with Gasteiger partial charge in [0.2, 0.25) is 5.91 Å².